The van der Waals surface area contributed by atoms with Gasteiger partial charge in [0, 0.05) is 13.0 Å². The minimum absolute atomic E-state index is 0.150. The topological polar surface area (TPSA) is 55.2 Å². The molecular weight excluding hydrogens is 331 g/mol. The maximum atomic E-state index is 11.2. The fraction of sp³-hybridized carbons (Fsp3) is 0.100. The highest BCUT2D eigenvalue weighted by Gasteiger charge is 2.23. The van der Waals surface area contributed by atoms with E-state index in [0.29, 0.717) is 0 Å². The fourth-order valence-corrected chi connectivity index (χ4v) is 4.74. The Labute approximate surface area is 148 Å². The highest BCUT2D eigenvalue weighted by Crippen LogP contribution is 2.33. The normalized spacial score (nSPS) is 12.0. The van der Waals surface area contributed by atoms with Gasteiger partial charge in [0.1, 0.15) is 6.04 Å². The van der Waals surface area contributed by atoms with Crippen LogP contribution in [0.25, 0.3) is 0 Å². The third-order valence-corrected chi connectivity index (χ3v) is 6.05. The molecule has 1 atom stereocenters. The molecule has 0 unspecified atom stereocenters. The lowest BCUT2D eigenvalue weighted by Gasteiger charge is -2.25. The Morgan fingerprint density at radius 3 is 1.68 bits per heavy atom. The van der Waals surface area contributed by atoms with Crippen LogP contribution in [0.15, 0.2) is 91.0 Å². The van der Waals surface area contributed by atoms with Gasteiger partial charge >= 0.3 is 0 Å². The first-order chi connectivity index (χ1) is 12.2. The van der Waals surface area contributed by atoms with Crippen LogP contribution in [0.3, 0.4) is 0 Å². The van der Waals surface area contributed by atoms with Crippen molar-refractivity contribution in [3.63, 3.8) is 0 Å². The van der Waals surface area contributed by atoms with Gasteiger partial charge in [0.15, 0.2) is 0 Å². The molecule has 0 aliphatic heterocycles. The van der Waals surface area contributed by atoms with Crippen molar-refractivity contribution in [1.82, 2.24) is 5.09 Å². The van der Waals surface area contributed by atoms with Crippen LogP contribution in [-0.2, 0) is 0 Å². The molecule has 4 nitrogen and oxygen atoms in total. The highest BCUT2D eigenvalue weighted by atomic mass is 31.1. The molecule has 126 valence electrons. The summed E-state index contributed by atoms with van der Waals surface area (Å²) >= 11 is 0. The molecule has 0 heterocycles. The van der Waals surface area contributed by atoms with Crippen molar-refractivity contribution in [2.24, 2.45) is 0 Å². The Kier molecular flexibility index (Phi) is 5.89. The Hall–Kier alpha value is -2.55. The van der Waals surface area contributed by atoms with Gasteiger partial charge < -0.3 is 0 Å². The van der Waals surface area contributed by atoms with Crippen LogP contribution in [0.4, 0.5) is 0 Å². The molecule has 0 amide bonds. The molecule has 3 aromatic carbocycles. The van der Waals surface area contributed by atoms with E-state index in [9.17, 15) is 10.1 Å². The third kappa shape index (κ3) is 4.72. The van der Waals surface area contributed by atoms with E-state index in [2.05, 4.69) is 29.4 Å². The molecule has 3 rings (SSSR count). The van der Waals surface area contributed by atoms with Crippen LogP contribution < -0.4 is 15.7 Å². The first-order valence-corrected chi connectivity index (χ1v) is 9.41. The zero-order valence-electron chi connectivity index (χ0n) is 13.7. The largest absolute Gasteiger partial charge is 0.275 e. The Bertz CT molecular complexity index is 758. The second-order valence-corrected chi connectivity index (χ2v) is 7.58. The molecule has 0 radical (unpaired) electrons. The number of hydrogen-bond acceptors (Lipinski definition) is 3. The van der Waals surface area contributed by atoms with Crippen molar-refractivity contribution in [3.05, 3.63) is 107 Å². The van der Waals surface area contributed by atoms with Crippen molar-refractivity contribution >= 4 is 18.7 Å². The quantitative estimate of drug-likeness (QED) is 0.402. The maximum absolute atomic E-state index is 11.2. The summed E-state index contributed by atoms with van der Waals surface area (Å²) in [6.07, 6.45) is 0. The van der Waals surface area contributed by atoms with E-state index in [-0.39, 0.29) is 17.5 Å². The molecular formula is C20H19N2O2P. The first kappa shape index (κ1) is 17.3. The summed E-state index contributed by atoms with van der Waals surface area (Å²) in [6.45, 7) is -0.150. The number of benzene rings is 3. The fourth-order valence-electron chi connectivity index (χ4n) is 2.66. The van der Waals surface area contributed by atoms with E-state index in [0.717, 1.165) is 16.2 Å². The zero-order valence-corrected chi connectivity index (χ0v) is 14.6. The standard InChI is InChI=1S/C20H19N2O2P/c23-22(24)16-20(17-10-4-1-5-11-17)21-25(18-12-6-2-7-13-18)19-14-8-3-9-15-19/h1-15,20-21H,16H2/t20-/m0/s1. The van der Waals surface area contributed by atoms with Crippen molar-refractivity contribution in [1.29, 1.82) is 0 Å². The van der Waals surface area contributed by atoms with Crippen LogP contribution in [-0.4, -0.2) is 11.5 Å². The van der Waals surface area contributed by atoms with Gasteiger partial charge in [0.2, 0.25) is 6.54 Å². The molecule has 0 fully saturated rings. The molecule has 0 aliphatic carbocycles. The second kappa shape index (κ2) is 8.52. The van der Waals surface area contributed by atoms with Crippen LogP contribution in [0.1, 0.15) is 11.6 Å². The second-order valence-electron chi connectivity index (χ2n) is 5.61. The molecule has 0 saturated carbocycles. The monoisotopic (exact) mass is 350 g/mol. The van der Waals surface area contributed by atoms with E-state index in [1.54, 1.807) is 0 Å². The van der Waals surface area contributed by atoms with E-state index in [4.69, 9.17) is 0 Å². The van der Waals surface area contributed by atoms with Crippen LogP contribution in [0.5, 0.6) is 0 Å². The molecule has 0 bridgehead atoms. The van der Waals surface area contributed by atoms with Gasteiger partial charge in [0.05, 0.1) is 0 Å². The predicted molar refractivity (Wildman–Crippen MR) is 103 cm³/mol. The molecule has 25 heavy (non-hydrogen) atoms. The van der Waals surface area contributed by atoms with Crippen molar-refractivity contribution in [2.75, 3.05) is 6.54 Å². The van der Waals surface area contributed by atoms with Crippen molar-refractivity contribution < 1.29 is 4.92 Å². The summed E-state index contributed by atoms with van der Waals surface area (Å²) in [6, 6.07) is 29.5. The number of rotatable bonds is 7. The van der Waals surface area contributed by atoms with E-state index in [1.807, 2.05) is 66.7 Å². The summed E-state index contributed by atoms with van der Waals surface area (Å²) in [5.74, 6) is 0. The van der Waals surface area contributed by atoms with Gasteiger partial charge in [-0.25, -0.2) is 0 Å². The Morgan fingerprint density at radius 1 is 0.800 bits per heavy atom. The summed E-state index contributed by atoms with van der Waals surface area (Å²) in [5.41, 5.74) is 0.929. The lowest BCUT2D eigenvalue weighted by Crippen LogP contribution is -2.30. The predicted octanol–water partition coefficient (Wildman–Crippen LogP) is 3.64. The number of nitrogens with zero attached hydrogens (tertiary/aromatic N) is 1. The lowest BCUT2D eigenvalue weighted by atomic mass is 10.1. The average molecular weight is 350 g/mol. The summed E-state index contributed by atoms with van der Waals surface area (Å²) in [4.78, 5) is 11.0. The number of nitro groups is 1. The lowest BCUT2D eigenvalue weighted by molar-refractivity contribution is -0.483. The third-order valence-electron chi connectivity index (χ3n) is 3.85. The van der Waals surface area contributed by atoms with Crippen LogP contribution >= 0.6 is 8.07 Å². The van der Waals surface area contributed by atoms with Gasteiger partial charge in [-0.3, -0.25) is 15.2 Å². The molecule has 0 spiro atoms. The molecule has 0 saturated heterocycles. The summed E-state index contributed by atoms with van der Waals surface area (Å²) < 4.78 is 0. The van der Waals surface area contributed by atoms with E-state index < -0.39 is 8.07 Å². The van der Waals surface area contributed by atoms with Crippen LogP contribution in [0.2, 0.25) is 0 Å². The molecule has 1 N–H and O–H groups in total. The van der Waals surface area contributed by atoms with E-state index in [1.165, 1.54) is 0 Å². The van der Waals surface area contributed by atoms with Gasteiger partial charge in [-0.05, 0) is 16.2 Å². The van der Waals surface area contributed by atoms with E-state index >= 15 is 0 Å². The molecule has 0 aromatic heterocycles. The Balaban J connectivity index is 1.96. The molecule has 3 aromatic rings. The summed E-state index contributed by atoms with van der Waals surface area (Å²) in [5, 5.41) is 17.1. The van der Waals surface area contributed by atoms with Gasteiger partial charge in [-0.1, -0.05) is 91.0 Å². The van der Waals surface area contributed by atoms with Crippen molar-refractivity contribution in [3.8, 4) is 0 Å². The minimum atomic E-state index is -0.899. The Morgan fingerprint density at radius 2 is 1.24 bits per heavy atom. The smallest absolute Gasteiger partial charge is 0.223 e. The number of nitrogens with one attached hydrogen (secondary N) is 1. The molecule has 0 aliphatic rings. The van der Waals surface area contributed by atoms with Gasteiger partial charge in [0.25, 0.3) is 0 Å². The SMILES string of the molecule is O=[N+]([O-])C[C@H](NP(c1ccccc1)c1ccccc1)c1ccccc1. The van der Waals surface area contributed by atoms with Gasteiger partial charge in [-0.15, -0.1) is 0 Å². The molecule has 5 heteroatoms. The van der Waals surface area contributed by atoms with Crippen molar-refractivity contribution in [2.45, 2.75) is 6.04 Å². The van der Waals surface area contributed by atoms with Gasteiger partial charge in [-0.2, -0.15) is 0 Å². The number of hydrogen-bond donors (Lipinski definition) is 1. The first-order valence-electron chi connectivity index (χ1n) is 8.07. The maximum Gasteiger partial charge on any atom is 0.223 e. The minimum Gasteiger partial charge on any atom is -0.275 e. The zero-order chi connectivity index (χ0) is 17.5. The summed E-state index contributed by atoms with van der Waals surface area (Å²) in [7, 11) is -0.899. The van der Waals surface area contributed by atoms with Crippen LogP contribution in [0, 0.1) is 10.1 Å². The highest BCUT2D eigenvalue weighted by molar-refractivity contribution is 7.71. The average Bonchev–Trinajstić information content (AvgIpc) is 2.67.